The summed E-state index contributed by atoms with van der Waals surface area (Å²) in [6.45, 7) is 2.29. The second-order valence-electron chi connectivity index (χ2n) is 8.97. The normalized spacial score (nSPS) is 26.0. The topological polar surface area (TPSA) is 33.0 Å². The number of hydrogen-bond acceptors (Lipinski definition) is 2. The Balaban J connectivity index is 1.63. The number of nitriles is 1. The Kier molecular flexibility index (Phi) is 6.59. The van der Waals surface area contributed by atoms with E-state index in [1.807, 2.05) is 6.07 Å². The first kappa shape index (κ1) is 20.7. The van der Waals surface area contributed by atoms with Crippen LogP contribution in [0.1, 0.15) is 81.1 Å². The van der Waals surface area contributed by atoms with Crippen LogP contribution in [-0.2, 0) is 6.42 Å². The largest absolute Gasteiger partial charge is 0.477 e. The van der Waals surface area contributed by atoms with Crippen LogP contribution in [0.5, 0.6) is 5.75 Å². The van der Waals surface area contributed by atoms with E-state index < -0.39 is 5.82 Å². The van der Waals surface area contributed by atoms with E-state index in [0.717, 1.165) is 18.8 Å². The summed E-state index contributed by atoms with van der Waals surface area (Å²) >= 11 is 0. The van der Waals surface area contributed by atoms with Crippen LogP contribution in [0.4, 0.5) is 4.39 Å². The van der Waals surface area contributed by atoms with Crippen LogP contribution in [0, 0.1) is 47.0 Å². The maximum atomic E-state index is 14.2. The van der Waals surface area contributed by atoms with Gasteiger partial charge >= 0.3 is 0 Å². The number of fused-ring (bicyclic) bond motifs is 1. The highest BCUT2D eigenvalue weighted by molar-refractivity contribution is 5.35. The van der Waals surface area contributed by atoms with Gasteiger partial charge in [-0.1, -0.05) is 69.7 Å². The second kappa shape index (κ2) is 9.53. The van der Waals surface area contributed by atoms with E-state index in [1.165, 1.54) is 62.1 Å². The van der Waals surface area contributed by atoms with E-state index >= 15 is 0 Å². The number of aryl methyl sites for hydroxylation is 1. The summed E-state index contributed by atoms with van der Waals surface area (Å²) in [5, 5.41) is 8.99. The molecule has 1 fully saturated rings. The monoisotopic (exact) mass is 403 g/mol. The lowest BCUT2D eigenvalue weighted by molar-refractivity contribution is 0.0667. The third-order valence-electron chi connectivity index (χ3n) is 7.05. The summed E-state index contributed by atoms with van der Waals surface area (Å²) in [4.78, 5) is 0. The summed E-state index contributed by atoms with van der Waals surface area (Å²) in [6, 6.07) is 17.1. The Labute approximate surface area is 180 Å². The fourth-order valence-electron chi connectivity index (χ4n) is 5.63. The van der Waals surface area contributed by atoms with Crippen molar-refractivity contribution >= 4 is 0 Å². The molecule has 30 heavy (non-hydrogen) atoms. The fraction of sp³-hybridized carbons (Fsp3) is 0.519. The van der Waals surface area contributed by atoms with Crippen molar-refractivity contribution in [1.82, 2.24) is 0 Å². The quantitative estimate of drug-likeness (QED) is 0.505. The van der Waals surface area contributed by atoms with Crippen molar-refractivity contribution in [3.63, 3.8) is 0 Å². The zero-order valence-corrected chi connectivity index (χ0v) is 17.8. The first-order chi connectivity index (χ1) is 14.7. The lowest BCUT2D eigenvalue weighted by Gasteiger charge is -2.39. The van der Waals surface area contributed by atoms with E-state index in [-0.39, 0.29) is 11.7 Å². The van der Waals surface area contributed by atoms with Crippen LogP contribution in [-0.4, -0.2) is 0 Å². The smallest absolute Gasteiger partial charge is 0.174 e. The van der Waals surface area contributed by atoms with Gasteiger partial charge in [0.2, 0.25) is 0 Å². The molecule has 0 aliphatic heterocycles. The van der Waals surface area contributed by atoms with Crippen LogP contribution in [0.25, 0.3) is 0 Å². The number of benzene rings is 1. The van der Waals surface area contributed by atoms with Crippen LogP contribution < -0.4 is 4.74 Å². The lowest BCUT2D eigenvalue weighted by atomic mass is 9.71. The molecule has 3 heteroatoms. The first-order valence-corrected chi connectivity index (χ1v) is 11.5. The maximum Gasteiger partial charge on any atom is 0.174 e. The van der Waals surface area contributed by atoms with Gasteiger partial charge in [0.1, 0.15) is 17.7 Å². The minimum absolute atomic E-state index is 0.0997. The molecule has 0 saturated heterocycles. The van der Waals surface area contributed by atoms with Gasteiger partial charge in [0.15, 0.2) is 11.6 Å². The van der Waals surface area contributed by atoms with Crippen LogP contribution in [0.3, 0.4) is 0 Å². The van der Waals surface area contributed by atoms with Crippen molar-refractivity contribution in [1.29, 1.82) is 5.26 Å². The molecule has 0 radical (unpaired) electrons. The molecule has 4 rings (SSSR count). The molecule has 0 spiro atoms. The van der Waals surface area contributed by atoms with Gasteiger partial charge in [0, 0.05) is 12.0 Å². The summed E-state index contributed by atoms with van der Waals surface area (Å²) in [5.74, 6) is 1.62. The molecule has 2 aromatic carbocycles. The Morgan fingerprint density at radius 3 is 2.80 bits per heavy atom. The molecule has 4 atom stereocenters. The molecule has 156 valence electrons. The summed E-state index contributed by atoms with van der Waals surface area (Å²) in [5.41, 5.74) is 2.44. The Bertz CT molecular complexity index is 902. The predicted octanol–water partition coefficient (Wildman–Crippen LogP) is 6.98. The standard InChI is InChI=1S/C27H30FNO/c1-2-7-19-8-3-4-10-21(16-19)25-15-13-20-9-5-6-11-24(20)27(25)30-23-14-12-22(18-29)26(28)17-23/h5-6,9,11,17,19,21,25,27H,2-4,7-8,10,13,15-16H2,1H3. The Morgan fingerprint density at radius 1 is 1.17 bits per heavy atom. The maximum absolute atomic E-state index is 14.2. The number of nitrogens with zero attached hydrogens (tertiary/aromatic N) is 1. The van der Waals surface area contributed by atoms with Gasteiger partial charge in [0.25, 0.3) is 0 Å². The number of rotatable bonds is 5. The van der Waals surface area contributed by atoms with Gasteiger partial charge in [-0.2, -0.15) is 5.26 Å². The highest BCUT2D eigenvalue weighted by atomic mass is 19.1. The number of hydrogen-bond donors (Lipinski definition) is 0. The Morgan fingerprint density at radius 2 is 2.00 bits per heavy atom. The second-order valence-corrected chi connectivity index (χ2v) is 8.97. The molecule has 0 aromatic heterocycles. The fourth-order valence-corrected chi connectivity index (χ4v) is 5.63. The first-order valence-electron chi connectivity index (χ1n) is 11.5. The van der Waals surface area contributed by atoms with Gasteiger partial charge in [-0.3, -0.25) is 0 Å². The highest BCUT2D eigenvalue weighted by Crippen LogP contribution is 2.46. The lowest BCUT2D eigenvalue weighted by Crippen LogP contribution is -2.31. The van der Waals surface area contributed by atoms with Crippen LogP contribution in [0.2, 0.25) is 0 Å². The van der Waals surface area contributed by atoms with E-state index in [2.05, 4.69) is 43.3 Å². The molecule has 2 nitrogen and oxygen atoms in total. The summed E-state index contributed by atoms with van der Waals surface area (Å²) in [6.07, 6.45) is 11.2. The zero-order valence-electron chi connectivity index (χ0n) is 17.8. The molecule has 2 aromatic rings. The van der Waals surface area contributed by atoms with Gasteiger partial charge in [0.05, 0.1) is 0 Å². The van der Waals surface area contributed by atoms with Gasteiger partial charge in [-0.15, -0.1) is 0 Å². The molecular formula is C27H30FNO. The summed E-state index contributed by atoms with van der Waals surface area (Å²) in [7, 11) is 0. The predicted molar refractivity (Wildman–Crippen MR) is 115 cm³/mol. The molecule has 1 saturated carbocycles. The SMILES string of the molecule is CCCC1CCCCC(C2CCc3ccccc3C2Oc2c#cc(C#N)c(F)c2)C1. The molecule has 0 heterocycles. The van der Waals surface area contributed by atoms with Gasteiger partial charge < -0.3 is 4.74 Å². The molecule has 2 aliphatic carbocycles. The third-order valence-corrected chi connectivity index (χ3v) is 7.05. The van der Waals surface area contributed by atoms with Gasteiger partial charge in [-0.25, -0.2) is 4.39 Å². The van der Waals surface area contributed by atoms with Crippen molar-refractivity contribution in [2.75, 3.05) is 0 Å². The highest BCUT2D eigenvalue weighted by Gasteiger charge is 2.38. The minimum Gasteiger partial charge on any atom is -0.477 e. The Hall–Kier alpha value is -2.52. The van der Waals surface area contributed by atoms with Crippen LogP contribution in [0.15, 0.2) is 30.3 Å². The molecular weight excluding hydrogens is 373 g/mol. The van der Waals surface area contributed by atoms with Crippen molar-refractivity contribution in [2.24, 2.45) is 17.8 Å². The third kappa shape index (κ3) is 4.46. The summed E-state index contributed by atoms with van der Waals surface area (Å²) < 4.78 is 20.6. The molecule has 0 bridgehead atoms. The van der Waals surface area contributed by atoms with Gasteiger partial charge in [-0.05, 0) is 54.4 Å². The number of halogens is 1. The average Bonchev–Trinajstić information content (AvgIpc) is 3.00. The van der Waals surface area contributed by atoms with Crippen molar-refractivity contribution in [2.45, 2.75) is 70.8 Å². The van der Waals surface area contributed by atoms with Crippen molar-refractivity contribution < 1.29 is 9.13 Å². The molecule has 2 aliphatic rings. The minimum atomic E-state index is -0.593. The average molecular weight is 404 g/mol. The van der Waals surface area contributed by atoms with Crippen molar-refractivity contribution in [3.05, 3.63) is 65.0 Å². The zero-order chi connectivity index (χ0) is 20.9. The van der Waals surface area contributed by atoms with E-state index in [1.54, 1.807) is 0 Å². The molecule has 4 unspecified atom stereocenters. The van der Waals surface area contributed by atoms with E-state index in [9.17, 15) is 4.39 Å². The van der Waals surface area contributed by atoms with E-state index in [4.69, 9.17) is 10.00 Å². The van der Waals surface area contributed by atoms with Crippen LogP contribution >= 0.6 is 0 Å². The van der Waals surface area contributed by atoms with Crippen molar-refractivity contribution in [3.8, 4) is 11.8 Å². The number of ether oxygens (including phenoxy) is 1. The molecule has 0 N–H and O–H groups in total. The molecule has 0 amide bonds. The van der Waals surface area contributed by atoms with E-state index in [0.29, 0.717) is 17.6 Å².